The molecule has 1 N–H and O–H groups in total. The molecule has 0 fully saturated rings. The molecule has 0 bridgehead atoms. The number of carbonyl (C=O) groups is 1. The van der Waals surface area contributed by atoms with Crippen molar-refractivity contribution in [2.75, 3.05) is 20.8 Å². The third kappa shape index (κ3) is 4.06. The first-order chi connectivity index (χ1) is 11.1. The Kier molecular flexibility index (Phi) is 6.07. The molecular formula is C17H21ClN2O3. The zero-order chi connectivity index (χ0) is 16.8. The van der Waals surface area contributed by atoms with Crippen LogP contribution in [0.3, 0.4) is 0 Å². The van der Waals surface area contributed by atoms with E-state index >= 15 is 0 Å². The van der Waals surface area contributed by atoms with Gasteiger partial charge in [0.2, 0.25) is 0 Å². The highest BCUT2D eigenvalue weighted by atomic mass is 35.5. The van der Waals surface area contributed by atoms with Crippen LogP contribution < -0.4 is 10.1 Å². The van der Waals surface area contributed by atoms with Gasteiger partial charge < -0.3 is 19.4 Å². The van der Waals surface area contributed by atoms with E-state index in [0.29, 0.717) is 22.9 Å². The van der Waals surface area contributed by atoms with Crippen LogP contribution in [0.4, 0.5) is 0 Å². The number of benzene rings is 1. The summed E-state index contributed by atoms with van der Waals surface area (Å²) >= 11 is 6.34. The second-order valence-corrected chi connectivity index (χ2v) is 5.54. The molecule has 0 spiro atoms. The van der Waals surface area contributed by atoms with E-state index in [-0.39, 0.29) is 11.9 Å². The number of ether oxygens (including phenoxy) is 2. The molecule has 1 aromatic heterocycles. The summed E-state index contributed by atoms with van der Waals surface area (Å²) in [5, 5.41) is 3.41. The SMILES string of the molecule is CCC(COC)NC(=O)c1cc(Cl)c(-n2cccc2)cc1OC. The summed E-state index contributed by atoms with van der Waals surface area (Å²) in [6, 6.07) is 7.14. The Morgan fingerprint density at radius 3 is 2.57 bits per heavy atom. The average Bonchev–Trinajstić information content (AvgIpc) is 3.08. The molecule has 1 heterocycles. The van der Waals surface area contributed by atoms with Crippen molar-refractivity contribution in [2.24, 2.45) is 0 Å². The van der Waals surface area contributed by atoms with Crippen molar-refractivity contribution >= 4 is 17.5 Å². The lowest BCUT2D eigenvalue weighted by atomic mass is 10.1. The van der Waals surface area contributed by atoms with Crippen molar-refractivity contribution in [2.45, 2.75) is 19.4 Å². The smallest absolute Gasteiger partial charge is 0.255 e. The Hall–Kier alpha value is -1.98. The molecule has 0 aliphatic carbocycles. The normalized spacial score (nSPS) is 12.0. The molecule has 1 amide bonds. The van der Waals surface area contributed by atoms with Crippen LogP contribution in [0.2, 0.25) is 5.02 Å². The highest BCUT2D eigenvalue weighted by Crippen LogP contribution is 2.30. The Bertz CT molecular complexity index is 656. The van der Waals surface area contributed by atoms with Gasteiger partial charge in [-0.15, -0.1) is 0 Å². The summed E-state index contributed by atoms with van der Waals surface area (Å²) < 4.78 is 12.3. The number of halogens is 1. The van der Waals surface area contributed by atoms with Gasteiger partial charge in [-0.05, 0) is 24.6 Å². The maximum Gasteiger partial charge on any atom is 0.255 e. The van der Waals surface area contributed by atoms with Gasteiger partial charge in [0.15, 0.2) is 0 Å². The molecule has 0 aliphatic heterocycles. The van der Waals surface area contributed by atoms with Crippen LogP contribution in [0, 0.1) is 0 Å². The Morgan fingerprint density at radius 2 is 2.00 bits per heavy atom. The van der Waals surface area contributed by atoms with Crippen LogP contribution in [-0.4, -0.2) is 37.3 Å². The summed E-state index contributed by atoms with van der Waals surface area (Å²) in [5.74, 6) is 0.245. The zero-order valence-electron chi connectivity index (χ0n) is 13.5. The highest BCUT2D eigenvalue weighted by Gasteiger charge is 2.19. The maximum absolute atomic E-state index is 12.5. The van der Waals surface area contributed by atoms with E-state index in [0.717, 1.165) is 12.1 Å². The zero-order valence-corrected chi connectivity index (χ0v) is 14.3. The first-order valence-electron chi connectivity index (χ1n) is 7.41. The molecule has 1 atom stereocenters. The lowest BCUT2D eigenvalue weighted by Gasteiger charge is -2.18. The Balaban J connectivity index is 2.32. The van der Waals surface area contributed by atoms with Crippen LogP contribution >= 0.6 is 11.6 Å². The molecule has 1 aromatic carbocycles. The molecule has 23 heavy (non-hydrogen) atoms. The van der Waals surface area contributed by atoms with E-state index in [9.17, 15) is 4.79 Å². The van der Waals surface area contributed by atoms with E-state index in [2.05, 4.69) is 5.32 Å². The topological polar surface area (TPSA) is 52.5 Å². The Labute approximate surface area is 141 Å². The second-order valence-electron chi connectivity index (χ2n) is 5.13. The molecular weight excluding hydrogens is 316 g/mol. The standard InChI is InChI=1S/C17H21ClN2O3/c1-4-12(11-22-2)19-17(21)13-9-14(18)15(10-16(13)23-3)20-7-5-6-8-20/h5-10,12H,4,11H2,1-3H3,(H,19,21). The summed E-state index contributed by atoms with van der Waals surface area (Å²) in [4.78, 5) is 12.5. The van der Waals surface area contributed by atoms with Crippen LogP contribution in [0.5, 0.6) is 5.75 Å². The number of hydrogen-bond acceptors (Lipinski definition) is 3. The number of nitrogens with one attached hydrogen (secondary N) is 1. The first kappa shape index (κ1) is 17.4. The molecule has 6 heteroatoms. The van der Waals surface area contributed by atoms with Crippen molar-refractivity contribution in [1.29, 1.82) is 0 Å². The first-order valence-corrected chi connectivity index (χ1v) is 7.79. The van der Waals surface area contributed by atoms with Crippen molar-refractivity contribution < 1.29 is 14.3 Å². The fourth-order valence-electron chi connectivity index (χ4n) is 2.31. The number of rotatable bonds is 7. The number of methoxy groups -OCH3 is 2. The van der Waals surface area contributed by atoms with E-state index < -0.39 is 0 Å². The van der Waals surface area contributed by atoms with Gasteiger partial charge in [-0.2, -0.15) is 0 Å². The van der Waals surface area contributed by atoms with E-state index in [4.69, 9.17) is 21.1 Å². The van der Waals surface area contributed by atoms with Gasteiger partial charge in [0, 0.05) is 25.6 Å². The minimum atomic E-state index is -0.230. The number of nitrogens with zero attached hydrogens (tertiary/aromatic N) is 1. The molecule has 2 rings (SSSR count). The molecule has 0 saturated heterocycles. The summed E-state index contributed by atoms with van der Waals surface area (Å²) in [7, 11) is 3.14. The number of amides is 1. The van der Waals surface area contributed by atoms with Gasteiger partial charge in [-0.25, -0.2) is 0 Å². The predicted molar refractivity (Wildman–Crippen MR) is 90.8 cm³/mol. The Morgan fingerprint density at radius 1 is 1.30 bits per heavy atom. The van der Waals surface area contributed by atoms with E-state index in [1.54, 1.807) is 19.2 Å². The van der Waals surface area contributed by atoms with Gasteiger partial charge in [-0.3, -0.25) is 4.79 Å². The fourth-order valence-corrected chi connectivity index (χ4v) is 2.57. The van der Waals surface area contributed by atoms with Gasteiger partial charge in [-0.1, -0.05) is 18.5 Å². The lowest BCUT2D eigenvalue weighted by molar-refractivity contribution is 0.0891. The van der Waals surface area contributed by atoms with Gasteiger partial charge >= 0.3 is 0 Å². The largest absolute Gasteiger partial charge is 0.496 e. The van der Waals surface area contributed by atoms with Crippen molar-refractivity contribution in [3.63, 3.8) is 0 Å². The van der Waals surface area contributed by atoms with Crippen LogP contribution in [0.25, 0.3) is 5.69 Å². The molecule has 0 saturated carbocycles. The van der Waals surface area contributed by atoms with Crippen LogP contribution in [0.15, 0.2) is 36.7 Å². The summed E-state index contributed by atoms with van der Waals surface area (Å²) in [6.07, 6.45) is 4.54. The fraction of sp³-hybridized carbons (Fsp3) is 0.353. The lowest BCUT2D eigenvalue weighted by Crippen LogP contribution is -2.37. The van der Waals surface area contributed by atoms with Gasteiger partial charge in [0.1, 0.15) is 5.75 Å². The quantitative estimate of drug-likeness (QED) is 0.844. The average molecular weight is 337 g/mol. The van der Waals surface area contributed by atoms with Gasteiger partial charge in [0.25, 0.3) is 5.91 Å². The number of aromatic nitrogens is 1. The third-order valence-corrected chi connectivity index (χ3v) is 3.89. The van der Waals surface area contributed by atoms with Crippen molar-refractivity contribution in [3.05, 3.63) is 47.2 Å². The third-order valence-electron chi connectivity index (χ3n) is 3.59. The predicted octanol–water partition coefficient (Wildman–Crippen LogP) is 3.29. The number of carbonyl (C=O) groups excluding carboxylic acids is 1. The van der Waals surface area contributed by atoms with Gasteiger partial charge in [0.05, 0.1) is 36.0 Å². The summed E-state index contributed by atoms with van der Waals surface area (Å²) in [5.41, 5.74) is 1.16. The van der Waals surface area contributed by atoms with E-state index in [1.165, 1.54) is 7.11 Å². The molecule has 1 unspecified atom stereocenters. The molecule has 124 valence electrons. The highest BCUT2D eigenvalue weighted by molar-refractivity contribution is 6.33. The maximum atomic E-state index is 12.5. The van der Waals surface area contributed by atoms with E-state index in [1.807, 2.05) is 36.0 Å². The van der Waals surface area contributed by atoms with Crippen molar-refractivity contribution in [3.8, 4) is 11.4 Å². The monoisotopic (exact) mass is 336 g/mol. The van der Waals surface area contributed by atoms with Crippen LogP contribution in [-0.2, 0) is 4.74 Å². The second kappa shape index (κ2) is 8.04. The molecule has 5 nitrogen and oxygen atoms in total. The minimum absolute atomic E-state index is 0.0555. The number of hydrogen-bond donors (Lipinski definition) is 1. The van der Waals surface area contributed by atoms with Crippen molar-refractivity contribution in [1.82, 2.24) is 9.88 Å². The molecule has 0 aliphatic rings. The minimum Gasteiger partial charge on any atom is -0.496 e. The summed E-state index contributed by atoms with van der Waals surface area (Å²) in [6.45, 7) is 2.45. The molecule has 2 aromatic rings. The van der Waals surface area contributed by atoms with Crippen LogP contribution in [0.1, 0.15) is 23.7 Å². The molecule has 0 radical (unpaired) electrons.